The molecule has 1 saturated heterocycles. The maximum absolute atomic E-state index is 15.4. The van der Waals surface area contributed by atoms with Gasteiger partial charge in [-0.3, -0.25) is 0 Å². The SMILES string of the molecule is CCOc1ccc(Cc2cc([C@]3(OC)OC(CO)(CO)[C@H](OCc4ccccc4)[C@H](OCc4ccccc4)[C@H]3OCc3ccccc3)ccc2Cl)c(F)c1F. The molecule has 6 rings (SSSR count). The summed E-state index contributed by atoms with van der Waals surface area (Å²) >= 11 is 6.73. The zero-order valence-electron chi connectivity index (χ0n) is 30.7. The highest BCUT2D eigenvalue weighted by Gasteiger charge is 2.64. The normalized spacial score (nSPS) is 20.7. The molecule has 55 heavy (non-hydrogen) atoms. The average molecular weight is 775 g/mol. The lowest BCUT2D eigenvalue weighted by Crippen LogP contribution is -2.72. The first kappa shape index (κ1) is 40.4. The van der Waals surface area contributed by atoms with E-state index in [0.717, 1.165) is 16.7 Å². The van der Waals surface area contributed by atoms with Crippen molar-refractivity contribution in [3.63, 3.8) is 0 Å². The van der Waals surface area contributed by atoms with Gasteiger partial charge in [0.2, 0.25) is 11.6 Å². The summed E-state index contributed by atoms with van der Waals surface area (Å²) < 4.78 is 68.9. The van der Waals surface area contributed by atoms with Crippen LogP contribution in [0.1, 0.15) is 40.3 Å². The van der Waals surface area contributed by atoms with Crippen molar-refractivity contribution in [2.24, 2.45) is 0 Å². The molecule has 0 saturated carbocycles. The molecule has 0 unspecified atom stereocenters. The van der Waals surface area contributed by atoms with E-state index >= 15 is 4.39 Å². The Balaban J connectivity index is 1.48. The lowest BCUT2D eigenvalue weighted by atomic mass is 9.80. The summed E-state index contributed by atoms with van der Waals surface area (Å²) in [6.45, 7) is 0.783. The van der Waals surface area contributed by atoms with E-state index in [1.165, 1.54) is 19.2 Å². The molecule has 0 radical (unpaired) electrons. The molecule has 0 aromatic heterocycles. The fraction of sp³-hybridized carbons (Fsp3) is 0.318. The summed E-state index contributed by atoms with van der Waals surface area (Å²) in [5.74, 6) is -4.22. The van der Waals surface area contributed by atoms with Crippen molar-refractivity contribution >= 4 is 11.6 Å². The number of rotatable bonds is 17. The first-order chi connectivity index (χ1) is 26.8. The molecule has 5 aromatic carbocycles. The van der Waals surface area contributed by atoms with Crippen molar-refractivity contribution < 1.29 is 47.4 Å². The Morgan fingerprint density at radius 3 is 1.75 bits per heavy atom. The van der Waals surface area contributed by atoms with Crippen molar-refractivity contribution in [3.05, 3.63) is 171 Å². The van der Waals surface area contributed by atoms with Gasteiger partial charge in [0, 0.05) is 24.1 Å². The molecule has 8 nitrogen and oxygen atoms in total. The third-order valence-corrected chi connectivity index (χ3v) is 10.1. The molecule has 5 aromatic rings. The first-order valence-corrected chi connectivity index (χ1v) is 18.5. The minimum Gasteiger partial charge on any atom is -0.491 e. The second kappa shape index (κ2) is 18.6. The van der Waals surface area contributed by atoms with Crippen LogP contribution in [0.3, 0.4) is 0 Å². The molecule has 0 spiro atoms. The van der Waals surface area contributed by atoms with Crippen LogP contribution in [0.2, 0.25) is 5.02 Å². The molecule has 290 valence electrons. The van der Waals surface area contributed by atoms with E-state index in [4.69, 9.17) is 40.0 Å². The number of benzene rings is 5. The lowest BCUT2D eigenvalue weighted by molar-refractivity contribution is -0.417. The maximum atomic E-state index is 15.4. The Morgan fingerprint density at radius 2 is 1.22 bits per heavy atom. The molecule has 0 amide bonds. The summed E-state index contributed by atoms with van der Waals surface area (Å²) in [5.41, 5.74) is 1.58. The van der Waals surface area contributed by atoms with Crippen LogP contribution in [-0.4, -0.2) is 61.1 Å². The van der Waals surface area contributed by atoms with Crippen LogP contribution in [0.15, 0.2) is 121 Å². The number of ether oxygens (including phenoxy) is 6. The second-order valence-electron chi connectivity index (χ2n) is 13.3. The zero-order valence-corrected chi connectivity index (χ0v) is 31.5. The standard InChI is InChI=1S/C44H45ClF2O8/c1-3-51-37-22-19-33(38(46)39(37)47)23-34-24-35(20-21-36(34)45)44(50-2)42(54-27-32-17-11-6-12-18-32)40(52-25-30-13-7-4-8-14-30)41(43(28-48,29-49)55-44)53-26-31-15-9-5-10-16-31/h4-22,24,40-42,48-49H,3,23,25-29H2,1-2H3/t40-,41+,42+,44-/m0/s1. The Hall–Kier alpha value is -4.23. The van der Waals surface area contributed by atoms with Crippen LogP contribution in [-0.2, 0) is 55.7 Å². The van der Waals surface area contributed by atoms with Gasteiger partial charge in [-0.15, -0.1) is 0 Å². The van der Waals surface area contributed by atoms with E-state index < -0.39 is 54.5 Å². The highest BCUT2D eigenvalue weighted by molar-refractivity contribution is 6.31. The van der Waals surface area contributed by atoms with Crippen molar-refractivity contribution in [3.8, 4) is 5.75 Å². The third-order valence-electron chi connectivity index (χ3n) is 9.77. The largest absolute Gasteiger partial charge is 0.491 e. The quantitative estimate of drug-likeness (QED) is 0.0985. The molecule has 1 fully saturated rings. The second-order valence-corrected chi connectivity index (χ2v) is 13.7. The molecule has 2 N–H and O–H groups in total. The monoisotopic (exact) mass is 774 g/mol. The summed E-state index contributed by atoms with van der Waals surface area (Å²) in [4.78, 5) is 0. The van der Waals surface area contributed by atoms with Crippen LogP contribution >= 0.6 is 11.6 Å². The fourth-order valence-electron chi connectivity index (χ4n) is 6.91. The van der Waals surface area contributed by atoms with E-state index in [-0.39, 0.29) is 49.2 Å². The molecular formula is C44H45ClF2O8. The van der Waals surface area contributed by atoms with Crippen LogP contribution in [0, 0.1) is 11.6 Å². The molecule has 0 bridgehead atoms. The lowest BCUT2D eigenvalue weighted by Gasteiger charge is -2.56. The highest BCUT2D eigenvalue weighted by Crippen LogP contribution is 2.48. The minimum absolute atomic E-state index is 0.0476. The van der Waals surface area contributed by atoms with Gasteiger partial charge in [0.25, 0.3) is 0 Å². The number of hydrogen-bond donors (Lipinski definition) is 2. The van der Waals surface area contributed by atoms with Crippen LogP contribution in [0.5, 0.6) is 5.75 Å². The number of hydrogen-bond acceptors (Lipinski definition) is 8. The van der Waals surface area contributed by atoms with E-state index in [1.807, 2.05) is 91.0 Å². The van der Waals surface area contributed by atoms with Gasteiger partial charge in [-0.05, 0) is 52.9 Å². The van der Waals surface area contributed by atoms with E-state index in [1.54, 1.807) is 25.1 Å². The van der Waals surface area contributed by atoms with Crippen molar-refractivity contribution in [2.45, 2.75) is 62.9 Å². The zero-order chi connectivity index (χ0) is 38.8. The Morgan fingerprint density at radius 1 is 0.673 bits per heavy atom. The topological polar surface area (TPSA) is 95.8 Å². The van der Waals surface area contributed by atoms with E-state index in [9.17, 15) is 14.6 Å². The van der Waals surface area contributed by atoms with E-state index in [2.05, 4.69) is 0 Å². The Bertz CT molecular complexity index is 1970. The number of halogens is 3. The molecule has 1 heterocycles. The van der Waals surface area contributed by atoms with E-state index in [0.29, 0.717) is 11.1 Å². The van der Waals surface area contributed by atoms with Gasteiger partial charge < -0.3 is 38.6 Å². The van der Waals surface area contributed by atoms with Crippen LogP contribution in [0.25, 0.3) is 0 Å². The van der Waals surface area contributed by atoms with Crippen molar-refractivity contribution in [1.82, 2.24) is 0 Å². The Kier molecular flexibility index (Phi) is 13.7. The maximum Gasteiger partial charge on any atom is 0.225 e. The molecule has 4 atom stereocenters. The van der Waals surface area contributed by atoms with Crippen molar-refractivity contribution in [2.75, 3.05) is 26.9 Å². The highest BCUT2D eigenvalue weighted by atomic mass is 35.5. The predicted octanol–water partition coefficient (Wildman–Crippen LogP) is 7.92. The molecular weight excluding hydrogens is 730 g/mol. The van der Waals surface area contributed by atoms with Crippen LogP contribution in [0.4, 0.5) is 8.78 Å². The number of aliphatic hydroxyl groups excluding tert-OH is 2. The molecule has 0 aliphatic carbocycles. The van der Waals surface area contributed by atoms with Gasteiger partial charge in [-0.2, -0.15) is 4.39 Å². The summed E-state index contributed by atoms with van der Waals surface area (Å²) in [5, 5.41) is 22.6. The summed E-state index contributed by atoms with van der Waals surface area (Å²) in [6, 6.07) is 36.3. The van der Waals surface area contributed by atoms with Gasteiger partial charge in [-0.25, -0.2) is 4.39 Å². The average Bonchev–Trinajstić information content (AvgIpc) is 3.23. The predicted molar refractivity (Wildman–Crippen MR) is 204 cm³/mol. The van der Waals surface area contributed by atoms with Crippen molar-refractivity contribution in [1.29, 1.82) is 0 Å². The third kappa shape index (κ3) is 8.93. The molecule has 1 aliphatic heterocycles. The van der Waals surface area contributed by atoms with Gasteiger partial charge in [-0.1, -0.05) is 115 Å². The Labute approximate surface area is 325 Å². The summed E-state index contributed by atoms with van der Waals surface area (Å²) in [6.07, 6.45) is -3.33. The number of aliphatic hydroxyl groups is 2. The van der Waals surface area contributed by atoms with Gasteiger partial charge in [0.15, 0.2) is 11.6 Å². The minimum atomic E-state index is -1.88. The fourth-order valence-corrected chi connectivity index (χ4v) is 7.09. The molecule has 1 aliphatic rings. The first-order valence-electron chi connectivity index (χ1n) is 18.1. The van der Waals surface area contributed by atoms with Gasteiger partial charge in [0.1, 0.15) is 23.9 Å². The number of methoxy groups -OCH3 is 1. The van der Waals surface area contributed by atoms with Crippen LogP contribution < -0.4 is 4.74 Å². The van der Waals surface area contributed by atoms with Gasteiger partial charge in [0.05, 0.1) is 39.6 Å². The molecule has 11 heteroatoms. The smallest absolute Gasteiger partial charge is 0.225 e. The van der Waals surface area contributed by atoms with Gasteiger partial charge >= 0.3 is 0 Å². The summed E-state index contributed by atoms with van der Waals surface area (Å²) in [7, 11) is 1.42.